The Hall–Kier alpha value is -6.42. The summed E-state index contributed by atoms with van der Waals surface area (Å²) in [5.74, 6) is -19.9. The van der Waals surface area contributed by atoms with Crippen molar-refractivity contribution in [2.24, 2.45) is 0 Å². The Labute approximate surface area is 358 Å². The van der Waals surface area contributed by atoms with E-state index in [4.69, 9.17) is 0 Å². The topological polar surface area (TPSA) is 0 Å². The van der Waals surface area contributed by atoms with Crippen LogP contribution in [0.5, 0.6) is 0 Å². The second kappa shape index (κ2) is 17.2. The molecule has 8 aromatic rings. The fourth-order valence-electron chi connectivity index (χ4n) is 8.40. The summed E-state index contributed by atoms with van der Waals surface area (Å²) in [7, 11) is 0. The number of halogens is 12. The fourth-order valence-corrected chi connectivity index (χ4v) is 8.40. The van der Waals surface area contributed by atoms with Crippen molar-refractivity contribution in [2.75, 3.05) is 0 Å². The van der Waals surface area contributed by atoms with Crippen LogP contribution in [0.2, 0.25) is 0 Å². The molecule has 0 aliphatic rings. The van der Waals surface area contributed by atoms with Crippen LogP contribution in [-0.2, 0) is 0 Å². The van der Waals surface area contributed by atoms with E-state index < -0.39 is 76.0 Å². The first kappa shape index (κ1) is 43.7. The summed E-state index contributed by atoms with van der Waals surface area (Å²) in [5, 5.41) is 0. The molecule has 0 nitrogen and oxygen atoms in total. The molecule has 62 heavy (non-hydrogen) atoms. The van der Waals surface area contributed by atoms with E-state index in [-0.39, 0.29) is 85.2 Å². The summed E-state index contributed by atoms with van der Waals surface area (Å²) >= 11 is 0. The molecule has 0 saturated heterocycles. The maximum absolute atomic E-state index is 15.2. The molecule has 0 aromatic heterocycles. The molecule has 8 rings (SSSR count). The van der Waals surface area contributed by atoms with Crippen LogP contribution in [-0.4, -0.2) is 6.15 Å². The Kier molecular flexibility index (Phi) is 12.1. The second-order valence-corrected chi connectivity index (χ2v) is 14.2. The Morgan fingerprint density at radius 3 is 0.581 bits per heavy atom. The van der Waals surface area contributed by atoms with Gasteiger partial charge in [-0.2, -0.15) is 21.9 Å². The van der Waals surface area contributed by atoms with E-state index >= 15 is 35.1 Å². The average Bonchev–Trinajstić information content (AvgIpc) is 3.26. The average molecular weight is 846 g/mol. The number of hydrogen-bond donors (Lipinski definition) is 0. The zero-order valence-electron chi connectivity index (χ0n) is 32.0. The predicted molar refractivity (Wildman–Crippen MR) is 211 cm³/mol. The van der Waals surface area contributed by atoms with Crippen molar-refractivity contribution in [3.05, 3.63) is 215 Å². The minimum Gasteiger partial charge on any atom is -0.204 e. The molecule has 8 aromatic carbocycles. The molecule has 0 N–H and O–H groups in total. The molecule has 0 bridgehead atoms. The smallest absolute Gasteiger partial charge is 0.204 e. The quantitative estimate of drug-likeness (QED) is 0.0820. The third kappa shape index (κ3) is 7.39. The molecule has 0 spiro atoms. The molecule has 0 unspecified atom stereocenters. The first-order chi connectivity index (χ1) is 29.2. The van der Waals surface area contributed by atoms with E-state index in [2.05, 4.69) is 0 Å². The minimum absolute atomic E-state index is 0. The van der Waals surface area contributed by atoms with Gasteiger partial charge >= 0.3 is 18.9 Å². The summed E-state index contributed by atoms with van der Waals surface area (Å²) in [6, 6.07) is 29.2. The van der Waals surface area contributed by atoms with Gasteiger partial charge in [-0.25, -0.2) is 52.7 Å². The van der Waals surface area contributed by atoms with Gasteiger partial charge in [0.2, 0.25) is 0 Å². The van der Waals surface area contributed by atoms with Gasteiger partial charge in [-0.05, 0) is 70.8 Å². The van der Waals surface area contributed by atoms with E-state index in [1.165, 1.54) is 97.1 Å². The Balaban J connectivity index is 0.00000578. The summed E-state index contributed by atoms with van der Waals surface area (Å²) in [5.41, 5.74) is -0.719. The van der Waals surface area contributed by atoms with Crippen molar-refractivity contribution >= 4 is 28.0 Å². The van der Waals surface area contributed by atoms with Crippen molar-refractivity contribution in [3.8, 4) is 44.5 Å². The van der Waals surface area contributed by atoms with Crippen LogP contribution in [0, 0.1) is 69.8 Å². The molecule has 0 radical (unpaired) electrons. The van der Waals surface area contributed by atoms with E-state index in [1.54, 1.807) is 0 Å². The number of hydrogen-bond acceptors (Lipinski definition) is 0. The van der Waals surface area contributed by atoms with Gasteiger partial charge in [0, 0.05) is 0 Å². The van der Waals surface area contributed by atoms with Gasteiger partial charge in [0.15, 0.2) is 69.8 Å². The summed E-state index contributed by atoms with van der Waals surface area (Å²) < 4.78 is 180. The summed E-state index contributed by atoms with van der Waals surface area (Å²) in [4.78, 5) is 0. The molecular formula is C48H24BF12Li. The van der Waals surface area contributed by atoms with Crippen molar-refractivity contribution in [1.29, 1.82) is 0 Å². The summed E-state index contributed by atoms with van der Waals surface area (Å²) in [6.45, 7) is 0. The molecule has 0 aliphatic carbocycles. The van der Waals surface area contributed by atoms with Gasteiger partial charge in [0.1, 0.15) is 6.15 Å². The maximum Gasteiger partial charge on any atom is 1.00 e. The maximum atomic E-state index is 15.2. The number of benzene rings is 8. The normalized spacial score (nSPS) is 11.4. The standard InChI is InChI=1S/C48H24BF12.Li/c50-37-17-25(18-38(51)45(37)58)29-9-1-5-13-33(29)49(34-14-6-2-10-30(34)26-19-39(52)46(59)40(53)20-26,35-15-7-3-11-31(35)27-21-41(54)47(60)42(55)22-27)36-16-8-4-12-32(36)28-23-43(56)48(61)44(57)24-28;/h1-24H;/q-1;+1. The van der Waals surface area contributed by atoms with E-state index in [0.717, 1.165) is 0 Å². The van der Waals surface area contributed by atoms with E-state index in [1.807, 2.05) is 0 Å². The van der Waals surface area contributed by atoms with Crippen LogP contribution in [0.3, 0.4) is 0 Å². The predicted octanol–water partition coefficient (Wildman–Crippen LogP) is 8.41. The van der Waals surface area contributed by atoms with Crippen molar-refractivity contribution in [3.63, 3.8) is 0 Å². The van der Waals surface area contributed by atoms with Gasteiger partial charge < -0.3 is 0 Å². The van der Waals surface area contributed by atoms with Crippen LogP contribution >= 0.6 is 0 Å². The zero-order valence-corrected chi connectivity index (χ0v) is 32.0. The molecule has 0 atom stereocenters. The number of rotatable bonds is 8. The molecular weight excluding hydrogens is 822 g/mol. The molecule has 0 heterocycles. The van der Waals surface area contributed by atoms with Gasteiger partial charge in [-0.3, -0.25) is 0 Å². The second-order valence-electron chi connectivity index (χ2n) is 14.2. The summed E-state index contributed by atoms with van der Waals surface area (Å²) in [6.07, 6.45) is -3.34. The largest absolute Gasteiger partial charge is 1.00 e. The first-order valence-electron chi connectivity index (χ1n) is 18.4. The van der Waals surface area contributed by atoms with Crippen LogP contribution < -0.4 is 40.7 Å². The van der Waals surface area contributed by atoms with E-state index in [0.29, 0.717) is 48.5 Å². The Morgan fingerprint density at radius 1 is 0.242 bits per heavy atom. The van der Waals surface area contributed by atoms with Gasteiger partial charge in [0.25, 0.3) is 0 Å². The van der Waals surface area contributed by atoms with Gasteiger partial charge in [-0.15, -0.1) is 0 Å². The molecule has 14 heteroatoms. The molecule has 0 aliphatic heterocycles. The van der Waals surface area contributed by atoms with Crippen molar-refractivity contribution in [2.45, 2.75) is 0 Å². The molecule has 0 amide bonds. The van der Waals surface area contributed by atoms with Crippen LogP contribution in [0.15, 0.2) is 146 Å². The van der Waals surface area contributed by atoms with Crippen LogP contribution in [0.4, 0.5) is 52.7 Å². The first-order valence-corrected chi connectivity index (χ1v) is 18.4. The molecule has 304 valence electrons. The van der Waals surface area contributed by atoms with E-state index in [9.17, 15) is 17.6 Å². The Morgan fingerprint density at radius 2 is 0.403 bits per heavy atom. The van der Waals surface area contributed by atoms with Crippen molar-refractivity contribution < 1.29 is 71.5 Å². The fraction of sp³-hybridized carbons (Fsp3) is 0. The third-order valence-corrected chi connectivity index (χ3v) is 10.9. The molecule has 0 fully saturated rings. The third-order valence-electron chi connectivity index (χ3n) is 10.9. The van der Waals surface area contributed by atoms with Gasteiger partial charge in [0.05, 0.1) is 0 Å². The monoisotopic (exact) mass is 846 g/mol. The van der Waals surface area contributed by atoms with Crippen LogP contribution in [0.1, 0.15) is 0 Å². The SMILES string of the molecule is Fc1cc(-c2ccccc2[B-](c2ccccc2-c2cc(F)c(F)c(F)c2)(c2ccccc2-c2cc(F)c(F)c(F)c2)c2ccccc2-c2cc(F)c(F)c(F)c2)cc(F)c1F.[Li+]. The Bertz CT molecular complexity index is 2540. The zero-order chi connectivity index (χ0) is 43.3. The minimum atomic E-state index is -3.34. The van der Waals surface area contributed by atoms with Gasteiger partial charge in [-0.1, -0.05) is 119 Å². The van der Waals surface area contributed by atoms with Crippen molar-refractivity contribution in [1.82, 2.24) is 0 Å². The molecule has 0 saturated carbocycles. The van der Waals surface area contributed by atoms with Crippen LogP contribution in [0.25, 0.3) is 44.5 Å².